The Balaban J connectivity index is 0.00000204. The number of amides is 2. The van der Waals surface area contributed by atoms with Crippen LogP contribution in [0, 0.1) is 29.6 Å². The summed E-state index contributed by atoms with van der Waals surface area (Å²) in [7, 11) is 0. The lowest BCUT2D eigenvalue weighted by Crippen LogP contribution is -2.50. The lowest BCUT2D eigenvalue weighted by atomic mass is 10.0. The van der Waals surface area contributed by atoms with Crippen molar-refractivity contribution < 1.29 is 23.2 Å². The second kappa shape index (κ2) is 11.1. The third-order valence-corrected chi connectivity index (χ3v) is 4.54. The van der Waals surface area contributed by atoms with Crippen LogP contribution in [0.15, 0.2) is 37.4 Å². The van der Waals surface area contributed by atoms with Gasteiger partial charge in [-0.25, -0.2) is 8.78 Å². The van der Waals surface area contributed by atoms with Gasteiger partial charge in [-0.15, -0.1) is 13.2 Å². The van der Waals surface area contributed by atoms with Gasteiger partial charge in [0.1, 0.15) is 11.8 Å². The van der Waals surface area contributed by atoms with Crippen LogP contribution in [0.2, 0.25) is 0 Å². The SMILES string of the molecule is C=C.CC(=O)CC1CC1C#Cc1ccc(C(=O)NC(C(N)=O)C(C)C(F)F)cc1. The summed E-state index contributed by atoms with van der Waals surface area (Å²) in [6.07, 6.45) is -1.31. The van der Waals surface area contributed by atoms with Crippen LogP contribution in [0.5, 0.6) is 0 Å². The van der Waals surface area contributed by atoms with Crippen LogP contribution in [0.4, 0.5) is 8.78 Å². The molecule has 0 aromatic heterocycles. The van der Waals surface area contributed by atoms with E-state index in [2.05, 4.69) is 30.3 Å². The number of Topliss-reactive ketones (excluding diaryl/α,β-unsaturated/α-hetero) is 1. The molecule has 1 saturated carbocycles. The number of rotatable bonds is 7. The number of hydrogen-bond acceptors (Lipinski definition) is 3. The first kappa shape index (κ1) is 24.0. The monoisotopic (exact) mass is 404 g/mol. The summed E-state index contributed by atoms with van der Waals surface area (Å²) in [4.78, 5) is 34.6. The molecule has 1 aliphatic rings. The average molecular weight is 404 g/mol. The van der Waals surface area contributed by atoms with Crippen molar-refractivity contribution in [1.82, 2.24) is 5.32 Å². The number of benzene rings is 1. The second-order valence-electron chi connectivity index (χ2n) is 6.90. The quantitative estimate of drug-likeness (QED) is 0.541. The van der Waals surface area contributed by atoms with Crippen LogP contribution in [-0.2, 0) is 9.59 Å². The molecule has 0 spiro atoms. The Morgan fingerprint density at radius 2 is 1.83 bits per heavy atom. The van der Waals surface area contributed by atoms with Gasteiger partial charge >= 0.3 is 0 Å². The van der Waals surface area contributed by atoms with E-state index in [-0.39, 0.29) is 17.3 Å². The molecule has 0 radical (unpaired) electrons. The molecule has 5 nitrogen and oxygen atoms in total. The van der Waals surface area contributed by atoms with Gasteiger partial charge in [0.15, 0.2) is 0 Å². The molecule has 1 aromatic carbocycles. The molecule has 2 rings (SSSR count). The zero-order valence-electron chi connectivity index (χ0n) is 16.6. The molecular weight excluding hydrogens is 378 g/mol. The Morgan fingerprint density at radius 1 is 1.24 bits per heavy atom. The number of halogens is 2. The van der Waals surface area contributed by atoms with Crippen LogP contribution in [-0.4, -0.2) is 30.1 Å². The van der Waals surface area contributed by atoms with Crippen LogP contribution in [0.1, 0.15) is 42.6 Å². The number of nitrogens with two attached hydrogens (primary N) is 1. The van der Waals surface area contributed by atoms with E-state index in [0.29, 0.717) is 17.9 Å². The zero-order valence-corrected chi connectivity index (χ0v) is 16.6. The van der Waals surface area contributed by atoms with Gasteiger partial charge in [-0.3, -0.25) is 9.59 Å². The molecule has 0 bridgehead atoms. The third kappa shape index (κ3) is 7.49. The summed E-state index contributed by atoms with van der Waals surface area (Å²) >= 11 is 0. The van der Waals surface area contributed by atoms with Crippen molar-refractivity contribution in [3.63, 3.8) is 0 Å². The molecule has 1 fully saturated rings. The Morgan fingerprint density at radius 3 is 2.31 bits per heavy atom. The first-order chi connectivity index (χ1) is 13.7. The summed E-state index contributed by atoms with van der Waals surface area (Å²) in [6.45, 7) is 8.72. The van der Waals surface area contributed by atoms with Gasteiger partial charge in [-0.1, -0.05) is 18.8 Å². The van der Waals surface area contributed by atoms with Crippen LogP contribution in [0.25, 0.3) is 0 Å². The summed E-state index contributed by atoms with van der Waals surface area (Å²) in [5.74, 6) is 3.77. The molecule has 2 amide bonds. The minimum Gasteiger partial charge on any atom is -0.368 e. The maximum absolute atomic E-state index is 12.8. The number of ketones is 1. The molecule has 7 heteroatoms. The van der Waals surface area contributed by atoms with Crippen molar-refractivity contribution in [2.45, 2.75) is 39.2 Å². The minimum absolute atomic E-state index is 0.162. The van der Waals surface area contributed by atoms with E-state index in [4.69, 9.17) is 5.73 Å². The van der Waals surface area contributed by atoms with Gasteiger partial charge in [-0.05, 0) is 43.5 Å². The van der Waals surface area contributed by atoms with Crippen molar-refractivity contribution in [2.75, 3.05) is 0 Å². The van der Waals surface area contributed by atoms with Crippen molar-refractivity contribution in [3.8, 4) is 11.8 Å². The fourth-order valence-corrected chi connectivity index (χ4v) is 2.73. The Kier molecular flexibility index (Phi) is 9.20. The van der Waals surface area contributed by atoms with Crippen molar-refractivity contribution in [3.05, 3.63) is 48.6 Å². The number of carbonyl (C=O) groups excluding carboxylic acids is 3. The molecule has 3 N–H and O–H groups in total. The summed E-state index contributed by atoms with van der Waals surface area (Å²) in [5, 5.41) is 2.26. The van der Waals surface area contributed by atoms with E-state index in [0.717, 1.165) is 13.3 Å². The van der Waals surface area contributed by atoms with Gasteiger partial charge in [0.05, 0.1) is 0 Å². The fraction of sp³-hybridized carbons (Fsp3) is 0.409. The Labute approximate surface area is 169 Å². The largest absolute Gasteiger partial charge is 0.368 e. The van der Waals surface area contributed by atoms with E-state index < -0.39 is 30.2 Å². The predicted molar refractivity (Wildman–Crippen MR) is 107 cm³/mol. The number of primary amides is 1. The predicted octanol–water partition coefficient (Wildman–Crippen LogP) is 2.94. The molecular formula is C22H26F2N2O3. The second-order valence-corrected chi connectivity index (χ2v) is 6.90. The number of carbonyl (C=O) groups is 3. The average Bonchev–Trinajstić information content (AvgIpc) is 3.42. The maximum atomic E-state index is 12.8. The number of nitrogens with one attached hydrogen (secondary N) is 1. The first-order valence-corrected chi connectivity index (χ1v) is 9.18. The molecule has 156 valence electrons. The lowest BCUT2D eigenvalue weighted by Gasteiger charge is -2.21. The molecule has 0 saturated heterocycles. The molecule has 1 aliphatic carbocycles. The van der Waals surface area contributed by atoms with Crippen LogP contribution < -0.4 is 11.1 Å². The van der Waals surface area contributed by atoms with Crippen LogP contribution in [0.3, 0.4) is 0 Å². The highest BCUT2D eigenvalue weighted by atomic mass is 19.3. The van der Waals surface area contributed by atoms with Gasteiger partial charge in [0, 0.05) is 29.4 Å². The Hall–Kier alpha value is -3.01. The molecule has 1 aromatic rings. The van der Waals surface area contributed by atoms with Crippen molar-refractivity contribution in [2.24, 2.45) is 23.5 Å². The third-order valence-electron chi connectivity index (χ3n) is 4.54. The van der Waals surface area contributed by atoms with Crippen molar-refractivity contribution in [1.29, 1.82) is 0 Å². The molecule has 0 aliphatic heterocycles. The maximum Gasteiger partial charge on any atom is 0.251 e. The lowest BCUT2D eigenvalue weighted by molar-refractivity contribution is -0.122. The fourth-order valence-electron chi connectivity index (χ4n) is 2.73. The highest BCUT2D eigenvalue weighted by molar-refractivity contribution is 5.97. The summed E-state index contributed by atoms with van der Waals surface area (Å²) < 4.78 is 25.6. The Bertz CT molecular complexity index is 797. The van der Waals surface area contributed by atoms with Gasteiger partial charge in [-0.2, -0.15) is 0 Å². The topological polar surface area (TPSA) is 89.3 Å². The normalized spacial score (nSPS) is 18.9. The highest BCUT2D eigenvalue weighted by Gasteiger charge is 2.36. The molecule has 4 unspecified atom stereocenters. The van der Waals surface area contributed by atoms with Crippen LogP contribution >= 0.6 is 0 Å². The summed E-state index contributed by atoms with van der Waals surface area (Å²) in [5.41, 5.74) is 6.03. The van der Waals surface area contributed by atoms with Gasteiger partial charge in [0.25, 0.3) is 5.91 Å². The molecule has 29 heavy (non-hydrogen) atoms. The highest BCUT2D eigenvalue weighted by Crippen LogP contribution is 2.40. The zero-order chi connectivity index (χ0) is 22.1. The number of alkyl halides is 2. The van der Waals surface area contributed by atoms with E-state index in [1.165, 1.54) is 12.1 Å². The standard InChI is InChI=1S/C20H22F2N2O3.C2H4/c1-11(25)9-16-10-15(16)8-5-13-3-6-14(7-4-13)20(27)24-17(19(23)26)12(2)18(21)22;1-2/h3-4,6-7,12,15-18H,9-10H2,1-2H3,(H2,23,26)(H,24,27);1-2H2. The van der Waals surface area contributed by atoms with Gasteiger partial charge in [0.2, 0.25) is 12.3 Å². The number of hydrogen-bond donors (Lipinski definition) is 2. The van der Waals surface area contributed by atoms with Crippen molar-refractivity contribution >= 4 is 17.6 Å². The smallest absolute Gasteiger partial charge is 0.251 e. The van der Waals surface area contributed by atoms with E-state index in [1.54, 1.807) is 19.1 Å². The van der Waals surface area contributed by atoms with E-state index in [1.807, 2.05) is 0 Å². The van der Waals surface area contributed by atoms with E-state index in [9.17, 15) is 23.2 Å². The van der Waals surface area contributed by atoms with E-state index >= 15 is 0 Å². The first-order valence-electron chi connectivity index (χ1n) is 9.18. The minimum atomic E-state index is -2.78. The molecule has 0 heterocycles. The molecule has 4 atom stereocenters. The summed E-state index contributed by atoms with van der Waals surface area (Å²) in [6, 6.07) is 4.83. The van der Waals surface area contributed by atoms with Gasteiger partial charge < -0.3 is 15.8 Å².